The summed E-state index contributed by atoms with van der Waals surface area (Å²) in [7, 11) is 1.50. The van der Waals surface area contributed by atoms with Gasteiger partial charge in [0, 0.05) is 15.6 Å². The van der Waals surface area contributed by atoms with Crippen LogP contribution in [0.3, 0.4) is 0 Å². The van der Waals surface area contributed by atoms with E-state index in [0.717, 1.165) is 4.47 Å². The topological polar surface area (TPSA) is 57.1 Å². The molecular formula is C24H16Br2FNO4. The van der Waals surface area contributed by atoms with Crippen molar-refractivity contribution >= 4 is 49.8 Å². The lowest BCUT2D eigenvalue weighted by atomic mass is 10.1. The Balaban J connectivity index is 1.60. The number of cyclic esters (lactones) is 1. The van der Waals surface area contributed by atoms with Crippen molar-refractivity contribution in [2.45, 2.75) is 6.61 Å². The fourth-order valence-corrected chi connectivity index (χ4v) is 4.01. The minimum Gasteiger partial charge on any atom is -0.493 e. The number of aliphatic imine (C=N–C) groups is 1. The summed E-state index contributed by atoms with van der Waals surface area (Å²) in [6, 6.07) is 17.2. The summed E-state index contributed by atoms with van der Waals surface area (Å²) < 4.78 is 31.9. The van der Waals surface area contributed by atoms with Crippen LogP contribution in [0.25, 0.3) is 6.08 Å². The summed E-state index contributed by atoms with van der Waals surface area (Å²) in [5, 5.41) is 0. The van der Waals surface area contributed by atoms with E-state index in [1.807, 2.05) is 18.2 Å². The lowest BCUT2D eigenvalue weighted by molar-refractivity contribution is -0.129. The SMILES string of the molecule is COc1cc(/C=C2\N=C(c3cccc(Br)c3)OC2=O)cc(Br)c1OCc1ccccc1F. The molecule has 3 aromatic rings. The van der Waals surface area contributed by atoms with Crippen LogP contribution in [-0.4, -0.2) is 19.0 Å². The summed E-state index contributed by atoms with van der Waals surface area (Å²) >= 11 is 6.86. The zero-order valence-electron chi connectivity index (χ0n) is 16.8. The quantitative estimate of drug-likeness (QED) is 0.263. The fourth-order valence-electron chi connectivity index (χ4n) is 3.04. The minimum absolute atomic E-state index is 0.0364. The first-order valence-electron chi connectivity index (χ1n) is 9.47. The second kappa shape index (κ2) is 9.67. The van der Waals surface area contributed by atoms with Gasteiger partial charge in [-0.15, -0.1) is 0 Å². The maximum absolute atomic E-state index is 13.9. The molecule has 0 aliphatic carbocycles. The van der Waals surface area contributed by atoms with E-state index in [2.05, 4.69) is 36.9 Å². The van der Waals surface area contributed by atoms with Gasteiger partial charge in [-0.25, -0.2) is 14.2 Å². The molecule has 32 heavy (non-hydrogen) atoms. The minimum atomic E-state index is -0.546. The van der Waals surface area contributed by atoms with Gasteiger partial charge in [0.2, 0.25) is 5.90 Å². The number of ether oxygens (including phenoxy) is 3. The molecule has 0 saturated heterocycles. The molecule has 1 aliphatic heterocycles. The van der Waals surface area contributed by atoms with Gasteiger partial charge in [-0.1, -0.05) is 40.2 Å². The predicted molar refractivity (Wildman–Crippen MR) is 126 cm³/mol. The van der Waals surface area contributed by atoms with Gasteiger partial charge in [0.05, 0.1) is 11.6 Å². The molecule has 0 amide bonds. The van der Waals surface area contributed by atoms with Crippen molar-refractivity contribution in [3.63, 3.8) is 0 Å². The highest BCUT2D eigenvalue weighted by atomic mass is 79.9. The molecule has 0 fully saturated rings. The monoisotopic (exact) mass is 559 g/mol. The van der Waals surface area contributed by atoms with Gasteiger partial charge in [-0.05, 0) is 64.0 Å². The van der Waals surface area contributed by atoms with Gasteiger partial charge in [0.15, 0.2) is 17.2 Å². The van der Waals surface area contributed by atoms with Crippen LogP contribution in [0.4, 0.5) is 4.39 Å². The Hall–Kier alpha value is -2.97. The van der Waals surface area contributed by atoms with Crippen molar-refractivity contribution in [1.82, 2.24) is 0 Å². The molecule has 4 rings (SSSR count). The molecule has 0 bridgehead atoms. The lowest BCUT2D eigenvalue weighted by Crippen LogP contribution is -2.05. The Morgan fingerprint density at radius 3 is 2.66 bits per heavy atom. The maximum atomic E-state index is 13.9. The number of esters is 1. The van der Waals surface area contributed by atoms with E-state index in [0.29, 0.717) is 32.7 Å². The summed E-state index contributed by atoms with van der Waals surface area (Å²) in [5.74, 6) is 0.187. The van der Waals surface area contributed by atoms with E-state index in [-0.39, 0.29) is 24.0 Å². The normalized spacial score (nSPS) is 14.3. The summed E-state index contributed by atoms with van der Waals surface area (Å²) in [4.78, 5) is 16.7. The maximum Gasteiger partial charge on any atom is 0.363 e. The van der Waals surface area contributed by atoms with Crippen molar-refractivity contribution in [1.29, 1.82) is 0 Å². The number of nitrogens with zero attached hydrogens (tertiary/aromatic N) is 1. The zero-order valence-corrected chi connectivity index (χ0v) is 19.9. The van der Waals surface area contributed by atoms with Crippen LogP contribution in [0.1, 0.15) is 16.7 Å². The second-order valence-electron chi connectivity index (χ2n) is 6.76. The van der Waals surface area contributed by atoms with Gasteiger partial charge < -0.3 is 14.2 Å². The highest BCUT2D eigenvalue weighted by molar-refractivity contribution is 9.10. The van der Waals surface area contributed by atoms with Crippen LogP contribution < -0.4 is 9.47 Å². The number of carbonyl (C=O) groups excluding carboxylic acids is 1. The molecule has 0 atom stereocenters. The van der Waals surface area contributed by atoms with E-state index in [1.54, 1.807) is 42.5 Å². The van der Waals surface area contributed by atoms with E-state index >= 15 is 0 Å². The third-order valence-electron chi connectivity index (χ3n) is 4.58. The van der Waals surface area contributed by atoms with E-state index in [1.165, 1.54) is 13.2 Å². The Morgan fingerprint density at radius 2 is 1.91 bits per heavy atom. The molecule has 5 nitrogen and oxygen atoms in total. The molecule has 0 radical (unpaired) electrons. The Bertz CT molecular complexity index is 1260. The number of carbonyl (C=O) groups is 1. The van der Waals surface area contributed by atoms with Gasteiger partial charge in [-0.3, -0.25) is 0 Å². The third-order valence-corrected chi connectivity index (χ3v) is 5.66. The van der Waals surface area contributed by atoms with Crippen molar-refractivity contribution in [3.8, 4) is 11.5 Å². The molecule has 1 aliphatic rings. The van der Waals surface area contributed by atoms with Crippen LogP contribution >= 0.6 is 31.9 Å². The van der Waals surface area contributed by atoms with E-state index in [4.69, 9.17) is 14.2 Å². The van der Waals surface area contributed by atoms with Gasteiger partial charge in [-0.2, -0.15) is 0 Å². The third kappa shape index (κ3) is 4.92. The molecule has 3 aromatic carbocycles. The zero-order chi connectivity index (χ0) is 22.7. The largest absolute Gasteiger partial charge is 0.493 e. The van der Waals surface area contributed by atoms with Crippen LogP contribution in [0.15, 0.2) is 80.3 Å². The first kappa shape index (κ1) is 22.2. The summed E-state index contributed by atoms with van der Waals surface area (Å²) in [5.41, 5.74) is 1.93. The predicted octanol–water partition coefficient (Wildman–Crippen LogP) is 6.28. The Kier molecular flexibility index (Phi) is 6.72. The summed E-state index contributed by atoms with van der Waals surface area (Å²) in [6.07, 6.45) is 1.60. The van der Waals surface area contributed by atoms with Crippen molar-refractivity contribution < 1.29 is 23.4 Å². The van der Waals surface area contributed by atoms with Gasteiger partial charge in [0.1, 0.15) is 12.4 Å². The number of benzene rings is 3. The smallest absolute Gasteiger partial charge is 0.363 e. The molecule has 8 heteroatoms. The average molecular weight is 561 g/mol. The van der Waals surface area contributed by atoms with Gasteiger partial charge >= 0.3 is 5.97 Å². The molecule has 162 valence electrons. The van der Waals surface area contributed by atoms with Crippen molar-refractivity contribution in [3.05, 3.63) is 97.8 Å². The molecular weight excluding hydrogens is 545 g/mol. The van der Waals surface area contributed by atoms with Crippen LogP contribution in [0.5, 0.6) is 11.5 Å². The first-order chi connectivity index (χ1) is 15.4. The van der Waals surface area contributed by atoms with Crippen molar-refractivity contribution in [2.24, 2.45) is 4.99 Å². The highest BCUT2D eigenvalue weighted by Crippen LogP contribution is 2.38. The molecule has 0 N–H and O–H groups in total. The number of methoxy groups -OCH3 is 1. The van der Waals surface area contributed by atoms with Gasteiger partial charge in [0.25, 0.3) is 0 Å². The van der Waals surface area contributed by atoms with Crippen LogP contribution in [0.2, 0.25) is 0 Å². The molecule has 1 heterocycles. The van der Waals surface area contributed by atoms with Crippen LogP contribution in [-0.2, 0) is 16.1 Å². The van der Waals surface area contributed by atoms with E-state index < -0.39 is 5.97 Å². The molecule has 0 unspecified atom stereocenters. The van der Waals surface area contributed by atoms with E-state index in [9.17, 15) is 9.18 Å². The standard InChI is InChI=1S/C24H16Br2FNO4/c1-30-21-11-14(9-18(26)22(21)31-13-16-5-2-3-8-19(16)27)10-20-24(29)32-23(28-20)15-6-4-7-17(25)12-15/h2-12H,13H2,1H3/b20-10-. The number of halogens is 3. The molecule has 0 saturated carbocycles. The Morgan fingerprint density at radius 1 is 1.09 bits per heavy atom. The summed E-state index contributed by atoms with van der Waals surface area (Å²) in [6.45, 7) is 0.0364. The number of hydrogen-bond acceptors (Lipinski definition) is 5. The number of hydrogen-bond donors (Lipinski definition) is 0. The highest BCUT2D eigenvalue weighted by Gasteiger charge is 2.24. The average Bonchev–Trinajstić information content (AvgIpc) is 3.14. The second-order valence-corrected chi connectivity index (χ2v) is 8.53. The first-order valence-corrected chi connectivity index (χ1v) is 11.1. The Labute approximate surface area is 200 Å². The molecule has 0 aromatic heterocycles. The lowest BCUT2D eigenvalue weighted by Gasteiger charge is -2.14. The fraction of sp³-hybridized carbons (Fsp3) is 0.0833. The van der Waals surface area contributed by atoms with Crippen molar-refractivity contribution in [2.75, 3.05) is 7.11 Å². The number of rotatable bonds is 6. The van der Waals surface area contributed by atoms with Crippen LogP contribution in [0, 0.1) is 5.82 Å². The molecule has 0 spiro atoms.